The van der Waals surface area contributed by atoms with Gasteiger partial charge in [-0.3, -0.25) is 14.5 Å². The number of hydrogen-bond donors (Lipinski definition) is 2. The Bertz CT molecular complexity index is 886. The zero-order valence-electron chi connectivity index (χ0n) is 14.7. The third kappa shape index (κ3) is 3.66. The number of rotatable bonds is 5. The normalized spacial score (nSPS) is 26.9. The zero-order valence-corrected chi connectivity index (χ0v) is 15.5. The summed E-state index contributed by atoms with van der Waals surface area (Å²) in [6, 6.07) is 4.00. The van der Waals surface area contributed by atoms with E-state index in [0.29, 0.717) is 12.0 Å². The first-order valence-corrected chi connectivity index (χ1v) is 10.4. The smallest absolute Gasteiger partial charge is 0.325 e. The number of amides is 4. The van der Waals surface area contributed by atoms with Crippen molar-refractivity contribution >= 4 is 27.7 Å². The largest absolute Gasteiger partial charge is 0.351 e. The fraction of sp³-hybridized carbons (Fsp3) is 0.471. The molecule has 2 atom stereocenters. The summed E-state index contributed by atoms with van der Waals surface area (Å²) in [5, 5.41) is 5.16. The molecular weight excluding hydrogens is 377 g/mol. The molecule has 0 saturated carbocycles. The van der Waals surface area contributed by atoms with Crippen molar-refractivity contribution in [3.8, 4) is 0 Å². The van der Waals surface area contributed by atoms with Gasteiger partial charge in [0.15, 0.2) is 9.84 Å². The maximum atomic E-state index is 13.2. The van der Waals surface area contributed by atoms with Crippen molar-refractivity contribution < 1.29 is 27.2 Å². The van der Waals surface area contributed by atoms with E-state index in [2.05, 4.69) is 10.6 Å². The van der Waals surface area contributed by atoms with Gasteiger partial charge >= 0.3 is 6.03 Å². The number of urea groups is 1. The Morgan fingerprint density at radius 2 is 2.00 bits per heavy atom. The molecule has 3 rings (SSSR count). The summed E-state index contributed by atoms with van der Waals surface area (Å²) in [4.78, 5) is 38.2. The van der Waals surface area contributed by atoms with Crippen molar-refractivity contribution in [1.29, 1.82) is 0 Å². The minimum atomic E-state index is -3.16. The van der Waals surface area contributed by atoms with Crippen LogP contribution in [0.15, 0.2) is 24.3 Å². The molecule has 0 radical (unpaired) electrons. The molecule has 146 valence electrons. The van der Waals surface area contributed by atoms with Crippen LogP contribution in [0.3, 0.4) is 0 Å². The third-order valence-electron chi connectivity index (χ3n) is 4.94. The molecule has 2 heterocycles. The van der Waals surface area contributed by atoms with Gasteiger partial charge in [-0.05, 0) is 30.5 Å². The van der Waals surface area contributed by atoms with Crippen molar-refractivity contribution in [1.82, 2.24) is 15.5 Å². The van der Waals surface area contributed by atoms with Crippen molar-refractivity contribution in [2.75, 3.05) is 18.1 Å². The summed E-state index contributed by atoms with van der Waals surface area (Å²) in [6.45, 7) is 1.19. The molecule has 27 heavy (non-hydrogen) atoms. The van der Waals surface area contributed by atoms with Crippen LogP contribution in [-0.2, 0) is 25.0 Å². The number of halogens is 1. The molecule has 2 aliphatic heterocycles. The summed E-state index contributed by atoms with van der Waals surface area (Å²) in [7, 11) is -3.16. The van der Waals surface area contributed by atoms with Gasteiger partial charge in [0.2, 0.25) is 5.91 Å². The summed E-state index contributed by atoms with van der Waals surface area (Å²) in [5.74, 6) is -1.82. The fourth-order valence-electron chi connectivity index (χ4n) is 3.47. The molecule has 10 heteroatoms. The van der Waals surface area contributed by atoms with E-state index in [1.807, 2.05) is 0 Å². The molecule has 8 nitrogen and oxygen atoms in total. The highest BCUT2D eigenvalue weighted by molar-refractivity contribution is 7.91. The van der Waals surface area contributed by atoms with E-state index in [1.165, 1.54) is 24.3 Å². The maximum absolute atomic E-state index is 13.2. The third-order valence-corrected chi connectivity index (χ3v) is 6.71. The monoisotopic (exact) mass is 397 g/mol. The van der Waals surface area contributed by atoms with Crippen molar-refractivity contribution in [3.05, 3.63) is 35.6 Å². The summed E-state index contributed by atoms with van der Waals surface area (Å²) < 4.78 is 36.1. The van der Waals surface area contributed by atoms with Crippen LogP contribution in [0.1, 0.15) is 25.3 Å². The summed E-state index contributed by atoms with van der Waals surface area (Å²) >= 11 is 0. The lowest BCUT2D eigenvalue weighted by Gasteiger charge is -2.25. The lowest BCUT2D eigenvalue weighted by atomic mass is 9.87. The molecule has 2 saturated heterocycles. The highest BCUT2D eigenvalue weighted by Crippen LogP contribution is 2.32. The minimum Gasteiger partial charge on any atom is -0.351 e. The summed E-state index contributed by atoms with van der Waals surface area (Å²) in [5.41, 5.74) is -0.934. The van der Waals surface area contributed by atoms with Gasteiger partial charge in [0.1, 0.15) is 17.9 Å². The van der Waals surface area contributed by atoms with Crippen LogP contribution in [0.2, 0.25) is 0 Å². The van der Waals surface area contributed by atoms with E-state index in [1.54, 1.807) is 6.92 Å². The second kappa shape index (κ2) is 6.91. The van der Waals surface area contributed by atoms with Crippen LogP contribution in [0.4, 0.5) is 9.18 Å². The molecule has 2 N–H and O–H groups in total. The van der Waals surface area contributed by atoms with E-state index in [-0.39, 0.29) is 17.9 Å². The number of hydrogen-bond acceptors (Lipinski definition) is 5. The molecule has 0 bridgehead atoms. The number of imide groups is 1. The minimum absolute atomic E-state index is 0.00455. The standard InChI is InChI=1S/C17H20FN3O5S/c1-2-17(11-3-5-12(18)6-4-11)15(23)21(16(24)20-17)9-14(22)19-13-7-8-27(25,26)10-13/h3-6,13H,2,7-10H2,1H3,(H,19,22)(H,20,24)/t13-,17-/m0/s1. The van der Waals surface area contributed by atoms with E-state index in [0.717, 1.165) is 4.90 Å². The second-order valence-corrected chi connectivity index (χ2v) is 8.98. The second-order valence-electron chi connectivity index (χ2n) is 6.75. The zero-order chi connectivity index (χ0) is 19.8. The molecule has 2 aliphatic rings. The van der Waals surface area contributed by atoms with E-state index < -0.39 is 51.6 Å². The van der Waals surface area contributed by atoms with Crippen molar-refractivity contribution in [3.63, 3.8) is 0 Å². The molecule has 2 fully saturated rings. The number of nitrogens with one attached hydrogen (secondary N) is 2. The Morgan fingerprint density at radius 1 is 1.33 bits per heavy atom. The van der Waals surface area contributed by atoms with Gasteiger partial charge in [-0.15, -0.1) is 0 Å². The van der Waals surface area contributed by atoms with Crippen LogP contribution < -0.4 is 10.6 Å². The number of nitrogens with zero attached hydrogens (tertiary/aromatic N) is 1. The Balaban J connectivity index is 1.73. The van der Waals surface area contributed by atoms with E-state index >= 15 is 0 Å². The average Bonchev–Trinajstić information content (AvgIpc) is 3.07. The van der Waals surface area contributed by atoms with Gasteiger partial charge in [0.05, 0.1) is 11.5 Å². The SMILES string of the molecule is CC[C@@]1(c2ccc(F)cc2)NC(=O)N(CC(=O)N[C@H]2CCS(=O)(=O)C2)C1=O. The molecular formula is C17H20FN3O5S. The lowest BCUT2D eigenvalue weighted by Crippen LogP contribution is -2.46. The molecule has 4 amide bonds. The van der Waals surface area contributed by atoms with E-state index in [9.17, 15) is 27.2 Å². The Hall–Kier alpha value is -2.49. The Labute approximate surface area is 156 Å². The van der Waals surface area contributed by atoms with Gasteiger partial charge in [-0.2, -0.15) is 0 Å². The molecule has 0 unspecified atom stereocenters. The Morgan fingerprint density at radius 3 is 2.56 bits per heavy atom. The van der Waals surface area contributed by atoms with Gasteiger partial charge in [0, 0.05) is 6.04 Å². The maximum Gasteiger partial charge on any atom is 0.325 e. The number of sulfone groups is 1. The fourth-order valence-corrected chi connectivity index (χ4v) is 5.14. The van der Waals surface area contributed by atoms with Gasteiger partial charge < -0.3 is 10.6 Å². The van der Waals surface area contributed by atoms with E-state index in [4.69, 9.17) is 0 Å². The molecule has 1 aromatic carbocycles. The molecule has 0 aromatic heterocycles. The number of benzene rings is 1. The van der Waals surface area contributed by atoms with Gasteiger partial charge in [0.25, 0.3) is 5.91 Å². The first-order valence-electron chi connectivity index (χ1n) is 8.57. The molecule has 1 aromatic rings. The van der Waals surface area contributed by atoms with Crippen LogP contribution in [-0.4, -0.2) is 55.3 Å². The predicted molar refractivity (Wildman–Crippen MR) is 93.8 cm³/mol. The first-order chi connectivity index (χ1) is 12.7. The molecule has 0 aliphatic carbocycles. The summed E-state index contributed by atoms with van der Waals surface area (Å²) in [6.07, 6.45) is 0.533. The first kappa shape index (κ1) is 19.3. The lowest BCUT2D eigenvalue weighted by molar-refractivity contribution is -0.135. The van der Waals surface area contributed by atoms with Gasteiger partial charge in [-0.1, -0.05) is 19.1 Å². The van der Waals surface area contributed by atoms with Crippen LogP contribution >= 0.6 is 0 Å². The highest BCUT2D eigenvalue weighted by Gasteiger charge is 2.51. The molecule has 0 spiro atoms. The van der Waals surface area contributed by atoms with Crippen molar-refractivity contribution in [2.45, 2.75) is 31.3 Å². The van der Waals surface area contributed by atoms with Gasteiger partial charge in [-0.25, -0.2) is 17.6 Å². The van der Waals surface area contributed by atoms with Crippen LogP contribution in [0.25, 0.3) is 0 Å². The Kier molecular flexibility index (Phi) is 4.94. The van der Waals surface area contributed by atoms with Crippen LogP contribution in [0.5, 0.6) is 0 Å². The van der Waals surface area contributed by atoms with Crippen LogP contribution in [0, 0.1) is 5.82 Å². The average molecular weight is 397 g/mol. The predicted octanol–water partition coefficient (Wildman–Crippen LogP) is 0.286. The highest BCUT2D eigenvalue weighted by atomic mass is 32.2. The number of carbonyl (C=O) groups excluding carboxylic acids is 3. The van der Waals surface area contributed by atoms with Crippen molar-refractivity contribution in [2.24, 2.45) is 0 Å². The quantitative estimate of drug-likeness (QED) is 0.694. The topological polar surface area (TPSA) is 113 Å². The number of carbonyl (C=O) groups is 3.